The first-order valence-electron chi connectivity index (χ1n) is 8.72. The summed E-state index contributed by atoms with van der Waals surface area (Å²) < 4.78 is 29.3. The highest BCUT2D eigenvalue weighted by atomic mass is 19.1. The Kier molecular flexibility index (Phi) is 3.76. The number of imidazole rings is 1. The van der Waals surface area contributed by atoms with E-state index in [0.29, 0.717) is 11.1 Å². The van der Waals surface area contributed by atoms with Gasteiger partial charge in [0.2, 0.25) is 0 Å². The number of aromatic nitrogens is 4. The van der Waals surface area contributed by atoms with E-state index in [1.54, 1.807) is 18.6 Å². The summed E-state index contributed by atoms with van der Waals surface area (Å²) in [5, 5.41) is 6.92. The first-order chi connectivity index (χ1) is 13.7. The summed E-state index contributed by atoms with van der Waals surface area (Å²) in [4.78, 5) is 4.50. The van der Waals surface area contributed by atoms with Crippen molar-refractivity contribution >= 4 is 11.0 Å². The second kappa shape index (κ2) is 6.42. The summed E-state index contributed by atoms with van der Waals surface area (Å²) in [5.41, 5.74) is 5.56. The van der Waals surface area contributed by atoms with Crippen molar-refractivity contribution in [3.63, 3.8) is 0 Å². The molecule has 0 amide bonds. The maximum Gasteiger partial charge on any atom is 0.133 e. The number of hydrogen-bond acceptors (Lipinski definition) is 2. The van der Waals surface area contributed by atoms with Crippen molar-refractivity contribution in [3.8, 4) is 28.1 Å². The van der Waals surface area contributed by atoms with E-state index in [0.717, 1.165) is 34.0 Å². The molecule has 2 heterocycles. The Balaban J connectivity index is 1.59. The molecule has 0 unspecified atom stereocenters. The largest absolute Gasteiger partial charge is 0.299 e. The molecule has 0 radical (unpaired) electrons. The van der Waals surface area contributed by atoms with Crippen molar-refractivity contribution in [2.75, 3.05) is 0 Å². The average molecular weight is 372 g/mol. The molecule has 0 fully saturated rings. The minimum Gasteiger partial charge on any atom is -0.299 e. The number of aromatic amines is 1. The lowest BCUT2D eigenvalue weighted by atomic mass is 10.0. The van der Waals surface area contributed by atoms with Crippen LogP contribution in [-0.2, 0) is 0 Å². The monoisotopic (exact) mass is 372 g/mol. The van der Waals surface area contributed by atoms with E-state index < -0.39 is 11.6 Å². The summed E-state index contributed by atoms with van der Waals surface area (Å²) in [6, 6.07) is 18.9. The number of H-pyrrole nitrogens is 1. The number of benzene rings is 3. The van der Waals surface area contributed by atoms with Crippen LogP contribution in [0.1, 0.15) is 0 Å². The number of rotatable bonds is 3. The van der Waals surface area contributed by atoms with Crippen LogP contribution in [-0.4, -0.2) is 19.7 Å². The normalized spacial score (nSPS) is 11.2. The van der Waals surface area contributed by atoms with Crippen LogP contribution in [0, 0.1) is 11.6 Å². The van der Waals surface area contributed by atoms with Crippen LogP contribution < -0.4 is 0 Å². The lowest BCUT2D eigenvalue weighted by molar-refractivity contribution is 0.585. The molecule has 0 bridgehead atoms. The van der Waals surface area contributed by atoms with Gasteiger partial charge in [0.15, 0.2) is 0 Å². The van der Waals surface area contributed by atoms with Crippen LogP contribution in [0.4, 0.5) is 8.78 Å². The zero-order valence-electron chi connectivity index (χ0n) is 14.6. The molecule has 0 aliphatic heterocycles. The Labute approximate surface area is 159 Å². The first kappa shape index (κ1) is 16.4. The number of halogens is 2. The number of nitrogens with one attached hydrogen (secondary N) is 1. The van der Waals surface area contributed by atoms with Crippen molar-refractivity contribution < 1.29 is 8.78 Å². The molecular formula is C22H14F2N4. The van der Waals surface area contributed by atoms with Crippen molar-refractivity contribution in [2.45, 2.75) is 0 Å². The van der Waals surface area contributed by atoms with E-state index in [-0.39, 0.29) is 0 Å². The smallest absolute Gasteiger partial charge is 0.133 e. The van der Waals surface area contributed by atoms with Crippen LogP contribution in [0.3, 0.4) is 0 Å². The Hall–Kier alpha value is -3.80. The topological polar surface area (TPSA) is 46.5 Å². The highest BCUT2D eigenvalue weighted by molar-refractivity contribution is 5.83. The molecule has 5 aromatic rings. The lowest BCUT2D eigenvalue weighted by Gasteiger charge is -2.09. The Morgan fingerprint density at radius 3 is 2.61 bits per heavy atom. The van der Waals surface area contributed by atoms with Crippen molar-refractivity contribution in [1.82, 2.24) is 19.7 Å². The van der Waals surface area contributed by atoms with E-state index in [1.807, 2.05) is 47.0 Å². The van der Waals surface area contributed by atoms with Gasteiger partial charge in [0.05, 0.1) is 16.7 Å². The Morgan fingerprint density at radius 2 is 1.79 bits per heavy atom. The maximum atomic E-state index is 14.2. The fraction of sp³-hybridized carbons (Fsp3) is 0. The molecule has 0 aliphatic rings. The van der Waals surface area contributed by atoms with Gasteiger partial charge in [-0.1, -0.05) is 18.2 Å². The van der Waals surface area contributed by atoms with Gasteiger partial charge in [-0.25, -0.2) is 13.8 Å². The van der Waals surface area contributed by atoms with E-state index >= 15 is 0 Å². The molecule has 2 aromatic heterocycles. The minimum absolute atomic E-state index is 0.356. The number of hydrogen-bond donors (Lipinski definition) is 1. The quantitative estimate of drug-likeness (QED) is 0.463. The second-order valence-electron chi connectivity index (χ2n) is 6.46. The molecule has 28 heavy (non-hydrogen) atoms. The number of fused-ring (bicyclic) bond motifs is 1. The summed E-state index contributed by atoms with van der Waals surface area (Å²) in [6.07, 6.45) is 3.44. The fourth-order valence-electron chi connectivity index (χ4n) is 3.35. The van der Waals surface area contributed by atoms with E-state index in [1.165, 1.54) is 12.1 Å². The highest BCUT2D eigenvalue weighted by Crippen LogP contribution is 2.28. The summed E-state index contributed by atoms with van der Waals surface area (Å²) in [7, 11) is 0. The molecule has 5 rings (SSSR count). The van der Waals surface area contributed by atoms with E-state index in [2.05, 4.69) is 15.2 Å². The highest BCUT2D eigenvalue weighted by Gasteiger charge is 2.10. The molecule has 1 N–H and O–H groups in total. The van der Waals surface area contributed by atoms with Crippen molar-refractivity contribution in [2.24, 2.45) is 0 Å². The van der Waals surface area contributed by atoms with Crippen LogP contribution in [0.2, 0.25) is 0 Å². The van der Waals surface area contributed by atoms with Crippen LogP contribution in [0.5, 0.6) is 0 Å². The van der Waals surface area contributed by atoms with Gasteiger partial charge in [-0.05, 0) is 48.0 Å². The molecule has 136 valence electrons. The molecule has 0 spiro atoms. The number of nitrogens with zero attached hydrogens (tertiary/aromatic N) is 3. The van der Waals surface area contributed by atoms with Gasteiger partial charge >= 0.3 is 0 Å². The Morgan fingerprint density at radius 1 is 0.857 bits per heavy atom. The molecule has 0 atom stereocenters. The van der Waals surface area contributed by atoms with Crippen molar-refractivity contribution in [3.05, 3.63) is 90.9 Å². The molecule has 3 aromatic carbocycles. The van der Waals surface area contributed by atoms with Gasteiger partial charge in [-0.15, -0.1) is 0 Å². The third-order valence-corrected chi connectivity index (χ3v) is 4.73. The molecule has 0 saturated carbocycles. The van der Waals surface area contributed by atoms with Gasteiger partial charge < -0.3 is 0 Å². The average Bonchev–Trinajstić information content (AvgIpc) is 3.37. The molecular weight excluding hydrogens is 358 g/mol. The van der Waals surface area contributed by atoms with Crippen LogP contribution in [0.25, 0.3) is 39.1 Å². The molecule has 4 nitrogen and oxygen atoms in total. The summed E-state index contributed by atoms with van der Waals surface area (Å²) in [5.74, 6) is -1.18. The zero-order chi connectivity index (χ0) is 19.1. The molecule has 6 heteroatoms. The standard InChI is InChI=1S/C22H14F2N4/c23-16-5-6-18(19(24)12-16)14-2-1-3-17(10-14)28-13-25-21-11-15(4-7-22(21)28)20-8-9-26-27-20/h1-13H,(H,26,27). The molecule has 0 saturated heterocycles. The van der Waals surface area contributed by atoms with Gasteiger partial charge in [-0.3, -0.25) is 9.67 Å². The van der Waals surface area contributed by atoms with Gasteiger partial charge in [-0.2, -0.15) is 5.10 Å². The van der Waals surface area contributed by atoms with Gasteiger partial charge in [0.25, 0.3) is 0 Å². The maximum absolute atomic E-state index is 14.2. The van der Waals surface area contributed by atoms with Crippen LogP contribution >= 0.6 is 0 Å². The summed E-state index contributed by atoms with van der Waals surface area (Å²) in [6.45, 7) is 0. The lowest BCUT2D eigenvalue weighted by Crippen LogP contribution is -1.93. The fourth-order valence-corrected chi connectivity index (χ4v) is 3.35. The van der Waals surface area contributed by atoms with E-state index in [4.69, 9.17) is 0 Å². The second-order valence-corrected chi connectivity index (χ2v) is 6.46. The molecule has 0 aliphatic carbocycles. The zero-order valence-corrected chi connectivity index (χ0v) is 14.6. The van der Waals surface area contributed by atoms with E-state index in [9.17, 15) is 8.78 Å². The predicted octanol–water partition coefficient (Wildman–Crippen LogP) is 5.36. The van der Waals surface area contributed by atoms with Gasteiger partial charge in [0.1, 0.15) is 18.0 Å². The minimum atomic E-state index is -0.592. The predicted molar refractivity (Wildman–Crippen MR) is 104 cm³/mol. The first-order valence-corrected chi connectivity index (χ1v) is 8.72. The SMILES string of the molecule is Fc1ccc(-c2cccc(-n3cnc4cc(-c5ccn[nH]5)ccc43)c2)c(F)c1. The summed E-state index contributed by atoms with van der Waals surface area (Å²) >= 11 is 0. The third-order valence-electron chi connectivity index (χ3n) is 4.73. The van der Waals surface area contributed by atoms with Crippen molar-refractivity contribution in [1.29, 1.82) is 0 Å². The Bertz CT molecular complexity index is 1290. The van der Waals surface area contributed by atoms with Gasteiger partial charge in [0, 0.05) is 29.1 Å². The third kappa shape index (κ3) is 2.75. The van der Waals surface area contributed by atoms with Crippen LogP contribution in [0.15, 0.2) is 79.3 Å².